The fourth-order valence-electron chi connectivity index (χ4n) is 0.895. The summed E-state index contributed by atoms with van der Waals surface area (Å²) in [5.74, 6) is 0.205. The summed E-state index contributed by atoms with van der Waals surface area (Å²) < 4.78 is 0. The lowest BCUT2D eigenvalue weighted by Gasteiger charge is -2.04. The van der Waals surface area contributed by atoms with Crippen LogP contribution in [0.15, 0.2) is 0 Å². The van der Waals surface area contributed by atoms with Crippen molar-refractivity contribution in [1.82, 2.24) is 15.5 Å². The Balaban J connectivity index is 0.00000225. The molecule has 3 N–H and O–H groups in total. The van der Waals surface area contributed by atoms with E-state index in [1.54, 1.807) is 6.92 Å². The van der Waals surface area contributed by atoms with Gasteiger partial charge < -0.3 is 11.1 Å². The van der Waals surface area contributed by atoms with Crippen LogP contribution in [0.4, 0.5) is 0 Å². The van der Waals surface area contributed by atoms with Gasteiger partial charge in [0.2, 0.25) is 5.91 Å². The van der Waals surface area contributed by atoms with Crippen LogP contribution in [0.2, 0.25) is 0 Å². The van der Waals surface area contributed by atoms with Crippen LogP contribution in [0.3, 0.4) is 0 Å². The van der Waals surface area contributed by atoms with Crippen LogP contribution in [0.25, 0.3) is 0 Å². The van der Waals surface area contributed by atoms with Gasteiger partial charge >= 0.3 is 0 Å². The molecular formula is C9H17ClN4OS. The van der Waals surface area contributed by atoms with Crippen molar-refractivity contribution in [3.8, 4) is 0 Å². The smallest absolute Gasteiger partial charge is 0.236 e. The lowest BCUT2D eigenvalue weighted by atomic mass is 10.2. The predicted octanol–water partition coefficient (Wildman–Crippen LogP) is 1.05. The summed E-state index contributed by atoms with van der Waals surface area (Å²) in [6.07, 6.45) is 0. The van der Waals surface area contributed by atoms with Gasteiger partial charge in [0.15, 0.2) is 0 Å². The summed E-state index contributed by atoms with van der Waals surface area (Å²) in [7, 11) is 0. The Bertz CT molecular complexity index is 340. The molecule has 1 amide bonds. The monoisotopic (exact) mass is 264 g/mol. The zero-order valence-electron chi connectivity index (χ0n) is 9.56. The molecule has 0 aromatic carbocycles. The highest BCUT2D eigenvalue weighted by Crippen LogP contribution is 2.18. The molecule has 5 nitrogen and oxygen atoms in total. The van der Waals surface area contributed by atoms with Crippen molar-refractivity contribution < 1.29 is 4.79 Å². The minimum atomic E-state index is -0.484. The van der Waals surface area contributed by atoms with Gasteiger partial charge in [0.05, 0.1) is 12.6 Å². The Hall–Kier alpha value is -0.720. The van der Waals surface area contributed by atoms with Gasteiger partial charge in [-0.2, -0.15) is 0 Å². The van der Waals surface area contributed by atoms with Gasteiger partial charge in [0, 0.05) is 5.92 Å². The minimum absolute atomic E-state index is 0. The molecule has 0 spiro atoms. The molecule has 0 aliphatic rings. The van der Waals surface area contributed by atoms with E-state index in [-0.39, 0.29) is 18.3 Å². The normalized spacial score (nSPS) is 12.1. The van der Waals surface area contributed by atoms with E-state index in [2.05, 4.69) is 29.4 Å². The Morgan fingerprint density at radius 2 is 2.06 bits per heavy atom. The van der Waals surface area contributed by atoms with Crippen LogP contribution in [-0.4, -0.2) is 22.1 Å². The number of carbonyl (C=O) groups is 1. The SMILES string of the molecule is CC(C)c1nnc(CNC(=O)[C@H](C)N)s1.Cl. The number of amides is 1. The molecular weight excluding hydrogens is 248 g/mol. The zero-order chi connectivity index (χ0) is 11.4. The maximum atomic E-state index is 11.2. The highest BCUT2D eigenvalue weighted by atomic mass is 35.5. The summed E-state index contributed by atoms with van der Waals surface area (Å²) in [4.78, 5) is 11.2. The molecule has 0 saturated heterocycles. The molecule has 0 aliphatic carbocycles. The maximum Gasteiger partial charge on any atom is 0.236 e. The van der Waals surface area contributed by atoms with Gasteiger partial charge in [-0.25, -0.2) is 0 Å². The molecule has 0 aliphatic heterocycles. The number of nitrogens with zero attached hydrogens (tertiary/aromatic N) is 2. The largest absolute Gasteiger partial charge is 0.348 e. The lowest BCUT2D eigenvalue weighted by Crippen LogP contribution is -2.37. The molecule has 1 heterocycles. The summed E-state index contributed by atoms with van der Waals surface area (Å²) in [5, 5.41) is 12.5. The van der Waals surface area contributed by atoms with Crippen molar-refractivity contribution in [3.63, 3.8) is 0 Å². The first-order valence-electron chi connectivity index (χ1n) is 4.86. The lowest BCUT2D eigenvalue weighted by molar-refractivity contribution is -0.122. The Kier molecular flexibility index (Phi) is 6.47. The third kappa shape index (κ3) is 4.42. The van der Waals surface area contributed by atoms with Crippen LogP contribution in [0.5, 0.6) is 0 Å². The van der Waals surface area contributed by atoms with Gasteiger partial charge in [-0.1, -0.05) is 25.2 Å². The van der Waals surface area contributed by atoms with E-state index in [0.717, 1.165) is 10.0 Å². The highest BCUT2D eigenvalue weighted by Gasteiger charge is 2.10. The van der Waals surface area contributed by atoms with Crippen molar-refractivity contribution >= 4 is 29.7 Å². The average Bonchev–Trinajstić information content (AvgIpc) is 2.62. The standard InChI is InChI=1S/C9H16N4OS.ClH/c1-5(2)9-13-12-7(15-9)4-11-8(14)6(3)10;/h5-6H,4,10H2,1-3H3,(H,11,14);1H/t6-;/m0./s1. The molecule has 1 aromatic heterocycles. The summed E-state index contributed by atoms with van der Waals surface area (Å²) in [5.41, 5.74) is 5.41. The first-order chi connectivity index (χ1) is 7.00. The fraction of sp³-hybridized carbons (Fsp3) is 0.667. The number of carbonyl (C=O) groups excluding carboxylic acids is 1. The fourth-order valence-corrected chi connectivity index (χ4v) is 1.68. The molecule has 1 aromatic rings. The second kappa shape index (κ2) is 6.78. The second-order valence-corrected chi connectivity index (χ2v) is 4.79. The summed E-state index contributed by atoms with van der Waals surface area (Å²) >= 11 is 1.52. The number of aromatic nitrogens is 2. The molecule has 92 valence electrons. The van der Waals surface area contributed by atoms with E-state index in [1.165, 1.54) is 11.3 Å². The van der Waals surface area contributed by atoms with Crippen molar-refractivity contribution in [2.75, 3.05) is 0 Å². The minimum Gasteiger partial charge on any atom is -0.348 e. The topological polar surface area (TPSA) is 80.9 Å². The van der Waals surface area contributed by atoms with E-state index in [4.69, 9.17) is 5.73 Å². The Labute approximate surface area is 105 Å². The molecule has 0 radical (unpaired) electrons. The van der Waals surface area contributed by atoms with Crippen molar-refractivity contribution in [1.29, 1.82) is 0 Å². The number of nitrogens with two attached hydrogens (primary N) is 1. The van der Waals surface area contributed by atoms with Gasteiger partial charge in [-0.15, -0.1) is 22.6 Å². The van der Waals surface area contributed by atoms with Crippen molar-refractivity contribution in [3.05, 3.63) is 10.0 Å². The Morgan fingerprint density at radius 3 is 2.50 bits per heavy atom. The first kappa shape index (κ1) is 15.3. The maximum absolute atomic E-state index is 11.2. The number of nitrogens with one attached hydrogen (secondary N) is 1. The molecule has 0 unspecified atom stereocenters. The number of hydrogen-bond acceptors (Lipinski definition) is 5. The third-order valence-electron chi connectivity index (χ3n) is 1.80. The van der Waals surface area contributed by atoms with Crippen LogP contribution in [0.1, 0.15) is 36.7 Å². The van der Waals surface area contributed by atoms with Crippen LogP contribution in [-0.2, 0) is 11.3 Å². The third-order valence-corrected chi connectivity index (χ3v) is 3.03. The van der Waals surface area contributed by atoms with Gasteiger partial charge in [0.1, 0.15) is 10.0 Å². The van der Waals surface area contributed by atoms with Crippen molar-refractivity contribution in [2.24, 2.45) is 5.73 Å². The Morgan fingerprint density at radius 1 is 1.44 bits per heavy atom. The molecule has 0 fully saturated rings. The average molecular weight is 265 g/mol. The predicted molar refractivity (Wildman–Crippen MR) is 66.7 cm³/mol. The van der Waals surface area contributed by atoms with Gasteiger partial charge in [0.25, 0.3) is 0 Å². The summed E-state index contributed by atoms with van der Waals surface area (Å²) in [6, 6.07) is -0.484. The number of halogens is 1. The van der Waals surface area contributed by atoms with E-state index in [0.29, 0.717) is 12.5 Å². The van der Waals surface area contributed by atoms with E-state index in [1.807, 2.05) is 0 Å². The first-order valence-corrected chi connectivity index (χ1v) is 5.68. The number of hydrogen-bond donors (Lipinski definition) is 2. The van der Waals surface area contributed by atoms with Crippen LogP contribution in [0, 0.1) is 0 Å². The van der Waals surface area contributed by atoms with Crippen LogP contribution < -0.4 is 11.1 Å². The molecule has 0 bridgehead atoms. The second-order valence-electron chi connectivity index (χ2n) is 3.70. The number of rotatable bonds is 4. The van der Waals surface area contributed by atoms with E-state index < -0.39 is 6.04 Å². The molecule has 0 saturated carbocycles. The quantitative estimate of drug-likeness (QED) is 0.852. The van der Waals surface area contributed by atoms with Gasteiger partial charge in [-0.05, 0) is 6.92 Å². The molecule has 1 atom stereocenters. The van der Waals surface area contributed by atoms with Crippen LogP contribution >= 0.6 is 23.7 Å². The highest BCUT2D eigenvalue weighted by molar-refractivity contribution is 7.11. The summed E-state index contributed by atoms with van der Waals surface area (Å²) in [6.45, 7) is 6.18. The van der Waals surface area contributed by atoms with E-state index >= 15 is 0 Å². The zero-order valence-corrected chi connectivity index (χ0v) is 11.2. The molecule has 16 heavy (non-hydrogen) atoms. The molecule has 1 rings (SSSR count). The van der Waals surface area contributed by atoms with Gasteiger partial charge in [-0.3, -0.25) is 4.79 Å². The van der Waals surface area contributed by atoms with Crippen molar-refractivity contribution in [2.45, 2.75) is 39.3 Å². The van der Waals surface area contributed by atoms with E-state index in [9.17, 15) is 4.79 Å². The molecule has 7 heteroatoms.